The second-order valence-electron chi connectivity index (χ2n) is 5.76. The van der Waals surface area contributed by atoms with Gasteiger partial charge < -0.3 is 15.4 Å². The van der Waals surface area contributed by atoms with Gasteiger partial charge in [-0.2, -0.15) is 0 Å². The highest BCUT2D eigenvalue weighted by molar-refractivity contribution is 5.99. The van der Waals surface area contributed by atoms with Gasteiger partial charge >= 0.3 is 0 Å². The Balaban J connectivity index is 2.31. The molecule has 1 atom stereocenters. The summed E-state index contributed by atoms with van der Waals surface area (Å²) in [6, 6.07) is 1.16. The Morgan fingerprint density at radius 1 is 1.62 bits per heavy atom. The number of ether oxygens (including phenoxy) is 1. The number of morpholine rings is 1. The van der Waals surface area contributed by atoms with Crippen LogP contribution in [0.5, 0.6) is 0 Å². The van der Waals surface area contributed by atoms with E-state index in [0.29, 0.717) is 13.1 Å². The molecule has 8 heteroatoms. The van der Waals surface area contributed by atoms with Gasteiger partial charge in [0.1, 0.15) is 12.0 Å². The first-order valence-electron chi connectivity index (χ1n) is 6.56. The maximum Gasteiger partial charge on any atom is 0.288 e. The highest BCUT2D eigenvalue weighted by Crippen LogP contribution is 2.24. The van der Waals surface area contributed by atoms with Gasteiger partial charge in [-0.15, -0.1) is 0 Å². The summed E-state index contributed by atoms with van der Waals surface area (Å²) in [5, 5.41) is 10.8. The van der Waals surface area contributed by atoms with Crippen molar-refractivity contribution in [3.05, 3.63) is 27.9 Å². The van der Waals surface area contributed by atoms with Gasteiger partial charge in [-0.05, 0) is 20.8 Å². The molecule has 1 unspecified atom stereocenters. The number of carbonyl (C=O) groups is 1. The van der Waals surface area contributed by atoms with Gasteiger partial charge in [0.2, 0.25) is 0 Å². The molecule has 0 aliphatic carbocycles. The predicted octanol–water partition coefficient (Wildman–Crippen LogP) is 1.21. The zero-order chi connectivity index (χ0) is 15.8. The Hall–Kier alpha value is -2.22. The SMILES string of the molecule is CC1CN(C(=O)c2cc([N+](=O)[O-])cnc2N)CC(C)(C)O1. The Kier molecular flexibility index (Phi) is 3.82. The van der Waals surface area contributed by atoms with E-state index < -0.39 is 10.5 Å². The van der Waals surface area contributed by atoms with E-state index in [2.05, 4.69) is 4.98 Å². The number of pyridine rings is 1. The summed E-state index contributed by atoms with van der Waals surface area (Å²) in [4.78, 5) is 28.1. The summed E-state index contributed by atoms with van der Waals surface area (Å²) in [6.45, 7) is 6.44. The van der Waals surface area contributed by atoms with Gasteiger partial charge in [-0.3, -0.25) is 14.9 Å². The van der Waals surface area contributed by atoms with Crippen molar-refractivity contribution in [2.75, 3.05) is 18.8 Å². The summed E-state index contributed by atoms with van der Waals surface area (Å²) < 4.78 is 5.73. The zero-order valence-corrected chi connectivity index (χ0v) is 12.2. The predicted molar refractivity (Wildman–Crippen MR) is 75.8 cm³/mol. The lowest BCUT2D eigenvalue weighted by Crippen LogP contribution is -2.53. The second kappa shape index (κ2) is 5.28. The molecule has 0 radical (unpaired) electrons. The lowest BCUT2D eigenvalue weighted by molar-refractivity contribution is -0.385. The number of nitrogen functional groups attached to an aromatic ring is 1. The van der Waals surface area contributed by atoms with Crippen molar-refractivity contribution in [2.45, 2.75) is 32.5 Å². The molecule has 1 aliphatic rings. The van der Waals surface area contributed by atoms with Crippen molar-refractivity contribution in [1.82, 2.24) is 9.88 Å². The normalized spacial score (nSPS) is 21.1. The van der Waals surface area contributed by atoms with Crippen LogP contribution in [0.4, 0.5) is 11.5 Å². The molecular weight excluding hydrogens is 276 g/mol. The summed E-state index contributed by atoms with van der Waals surface area (Å²) in [5.41, 5.74) is 5.00. The van der Waals surface area contributed by atoms with Gasteiger partial charge in [-0.25, -0.2) is 4.98 Å². The molecule has 1 aromatic rings. The van der Waals surface area contributed by atoms with Gasteiger partial charge in [-0.1, -0.05) is 0 Å². The first-order valence-corrected chi connectivity index (χ1v) is 6.56. The van der Waals surface area contributed by atoms with Gasteiger partial charge in [0.25, 0.3) is 11.6 Å². The first kappa shape index (κ1) is 15.2. The third kappa shape index (κ3) is 3.27. The van der Waals surface area contributed by atoms with Crippen molar-refractivity contribution < 1.29 is 14.5 Å². The van der Waals surface area contributed by atoms with Crippen LogP contribution in [0.15, 0.2) is 12.3 Å². The number of hydrogen-bond acceptors (Lipinski definition) is 6. The van der Waals surface area contributed by atoms with Crippen molar-refractivity contribution in [3.8, 4) is 0 Å². The third-order valence-corrected chi connectivity index (χ3v) is 3.20. The standard InChI is InChI=1S/C13H18N4O4/c1-8-6-16(7-13(2,3)21-8)12(18)10-4-9(17(19)20)5-15-11(10)14/h4-5,8H,6-7H2,1-3H3,(H2,14,15). The number of carbonyl (C=O) groups excluding carboxylic acids is 1. The van der Waals surface area contributed by atoms with E-state index >= 15 is 0 Å². The molecule has 1 saturated heterocycles. The third-order valence-electron chi connectivity index (χ3n) is 3.20. The molecular formula is C13H18N4O4. The smallest absolute Gasteiger partial charge is 0.288 e. The maximum absolute atomic E-state index is 12.6. The molecule has 2 rings (SSSR count). The summed E-state index contributed by atoms with van der Waals surface area (Å²) in [6.07, 6.45) is 0.920. The molecule has 21 heavy (non-hydrogen) atoms. The van der Waals surface area contributed by atoms with Crippen LogP contribution >= 0.6 is 0 Å². The van der Waals surface area contributed by atoms with Crippen LogP contribution in [0.2, 0.25) is 0 Å². The molecule has 1 fully saturated rings. The number of aromatic nitrogens is 1. The topological polar surface area (TPSA) is 112 Å². The number of nitro groups is 1. The van der Waals surface area contributed by atoms with E-state index in [1.165, 1.54) is 0 Å². The lowest BCUT2D eigenvalue weighted by atomic mass is 10.0. The van der Waals surface area contributed by atoms with Crippen LogP contribution in [0, 0.1) is 10.1 Å². The van der Waals surface area contributed by atoms with E-state index in [1.54, 1.807) is 4.90 Å². The minimum atomic E-state index is -0.602. The Labute approximate surface area is 122 Å². The van der Waals surface area contributed by atoms with E-state index in [0.717, 1.165) is 12.3 Å². The number of rotatable bonds is 2. The van der Waals surface area contributed by atoms with Crippen molar-refractivity contribution in [3.63, 3.8) is 0 Å². The first-order chi connectivity index (χ1) is 9.69. The molecule has 0 bridgehead atoms. The average molecular weight is 294 g/mol. The molecule has 0 saturated carbocycles. The molecule has 1 aromatic heterocycles. The van der Waals surface area contributed by atoms with Crippen molar-refractivity contribution in [2.24, 2.45) is 0 Å². The van der Waals surface area contributed by atoms with Crippen LogP contribution in [0.25, 0.3) is 0 Å². The fourth-order valence-electron chi connectivity index (χ4n) is 2.51. The highest BCUT2D eigenvalue weighted by Gasteiger charge is 2.35. The van der Waals surface area contributed by atoms with Crippen LogP contribution < -0.4 is 5.73 Å². The molecule has 0 aromatic carbocycles. The average Bonchev–Trinajstić information content (AvgIpc) is 2.35. The second-order valence-corrected chi connectivity index (χ2v) is 5.76. The molecule has 2 N–H and O–H groups in total. The lowest BCUT2D eigenvalue weighted by Gasteiger charge is -2.41. The number of hydrogen-bond donors (Lipinski definition) is 1. The van der Waals surface area contributed by atoms with E-state index in [4.69, 9.17) is 10.5 Å². The number of nitrogens with two attached hydrogens (primary N) is 1. The van der Waals surface area contributed by atoms with Crippen molar-refractivity contribution >= 4 is 17.4 Å². The summed E-state index contributed by atoms with van der Waals surface area (Å²) >= 11 is 0. The zero-order valence-electron chi connectivity index (χ0n) is 12.2. The Bertz CT molecular complexity index is 588. The monoisotopic (exact) mass is 294 g/mol. The molecule has 1 aliphatic heterocycles. The Morgan fingerprint density at radius 3 is 2.86 bits per heavy atom. The molecule has 0 spiro atoms. The van der Waals surface area contributed by atoms with E-state index in [9.17, 15) is 14.9 Å². The molecule has 2 heterocycles. The van der Waals surface area contributed by atoms with Crippen LogP contribution in [-0.2, 0) is 4.74 Å². The maximum atomic E-state index is 12.6. The van der Waals surface area contributed by atoms with E-state index in [1.807, 2.05) is 20.8 Å². The fraction of sp³-hybridized carbons (Fsp3) is 0.538. The van der Waals surface area contributed by atoms with Gasteiger partial charge in [0.05, 0.1) is 22.2 Å². The molecule has 8 nitrogen and oxygen atoms in total. The summed E-state index contributed by atoms with van der Waals surface area (Å²) in [7, 11) is 0. The molecule has 1 amide bonds. The van der Waals surface area contributed by atoms with Gasteiger partial charge in [0.15, 0.2) is 0 Å². The van der Waals surface area contributed by atoms with Crippen molar-refractivity contribution in [1.29, 1.82) is 0 Å². The highest BCUT2D eigenvalue weighted by atomic mass is 16.6. The van der Waals surface area contributed by atoms with Crippen LogP contribution in [-0.4, -0.2) is 45.5 Å². The van der Waals surface area contributed by atoms with Crippen LogP contribution in [0.3, 0.4) is 0 Å². The quantitative estimate of drug-likeness (QED) is 0.648. The number of amides is 1. The minimum absolute atomic E-state index is 0.0115. The van der Waals surface area contributed by atoms with E-state index in [-0.39, 0.29) is 29.1 Å². The summed E-state index contributed by atoms with van der Waals surface area (Å²) in [5.74, 6) is -0.380. The Morgan fingerprint density at radius 2 is 2.29 bits per heavy atom. The largest absolute Gasteiger partial charge is 0.383 e. The minimum Gasteiger partial charge on any atom is -0.383 e. The fourth-order valence-corrected chi connectivity index (χ4v) is 2.51. The number of anilines is 1. The van der Waals surface area contributed by atoms with Crippen LogP contribution in [0.1, 0.15) is 31.1 Å². The number of nitrogens with zero attached hydrogens (tertiary/aromatic N) is 3. The molecule has 114 valence electrons. The van der Waals surface area contributed by atoms with Gasteiger partial charge in [0, 0.05) is 19.2 Å².